The lowest BCUT2D eigenvalue weighted by Gasteiger charge is -2.37. The second-order valence-electron chi connectivity index (χ2n) is 10.00. The number of aromatic nitrogens is 1. The summed E-state index contributed by atoms with van der Waals surface area (Å²) in [5.41, 5.74) is 13.5. The fourth-order valence-corrected chi connectivity index (χ4v) is 5.93. The lowest BCUT2D eigenvalue weighted by molar-refractivity contribution is 0.567. The highest BCUT2D eigenvalue weighted by molar-refractivity contribution is 5.85. The Hall–Kier alpha value is -2.74. The van der Waals surface area contributed by atoms with Crippen molar-refractivity contribution in [3.05, 3.63) is 76.5 Å². The van der Waals surface area contributed by atoms with Gasteiger partial charge in [-0.25, -0.2) is 0 Å². The normalized spacial score (nSPS) is 24.5. The molecule has 3 aliphatic rings. The first kappa shape index (κ1) is 21.1. The molecule has 3 heterocycles. The highest BCUT2D eigenvalue weighted by Gasteiger charge is 2.34. The molecule has 32 heavy (non-hydrogen) atoms. The number of aliphatic imine (C=N–C) groups is 1. The van der Waals surface area contributed by atoms with Crippen molar-refractivity contribution in [2.24, 2.45) is 4.99 Å². The van der Waals surface area contributed by atoms with Gasteiger partial charge in [0, 0.05) is 22.9 Å². The van der Waals surface area contributed by atoms with E-state index in [2.05, 4.69) is 90.1 Å². The Labute approximate surface area is 192 Å². The van der Waals surface area contributed by atoms with Crippen molar-refractivity contribution in [2.75, 3.05) is 0 Å². The van der Waals surface area contributed by atoms with Gasteiger partial charge in [-0.05, 0) is 91.0 Å². The molecule has 6 rings (SSSR count). The summed E-state index contributed by atoms with van der Waals surface area (Å²) in [4.78, 5) is 10.0. The quantitative estimate of drug-likeness (QED) is 0.392. The second kappa shape index (κ2) is 7.99. The van der Waals surface area contributed by atoms with Crippen molar-refractivity contribution in [1.82, 2.24) is 4.98 Å². The molecule has 0 spiro atoms. The molecule has 0 N–H and O–H groups in total. The van der Waals surface area contributed by atoms with E-state index in [1.165, 1.54) is 44.7 Å². The minimum absolute atomic E-state index is 0.279. The molecule has 0 radical (unpaired) electrons. The zero-order valence-electron chi connectivity index (χ0n) is 20.2. The molecule has 4 unspecified atom stereocenters. The fraction of sp³-hybridized carbons (Fsp3) is 0.400. The second-order valence-corrected chi connectivity index (χ2v) is 10.00. The number of rotatable bonds is 1. The summed E-state index contributed by atoms with van der Waals surface area (Å²) in [6, 6.07) is 18.3. The summed E-state index contributed by atoms with van der Waals surface area (Å²) in [7, 11) is 0. The molecule has 3 aromatic rings. The number of aryl methyl sites for hydroxylation is 1. The van der Waals surface area contributed by atoms with Crippen LogP contribution in [0.25, 0.3) is 22.4 Å². The number of nitrogens with zero attached hydrogens (tertiary/aromatic N) is 2. The molecule has 1 aliphatic carbocycles. The fourth-order valence-electron chi connectivity index (χ4n) is 5.93. The van der Waals surface area contributed by atoms with E-state index in [0.29, 0.717) is 17.8 Å². The smallest absolute Gasteiger partial charge is 0.0708 e. The topological polar surface area (TPSA) is 25.2 Å². The van der Waals surface area contributed by atoms with Crippen LogP contribution in [0.2, 0.25) is 0 Å². The largest absolute Gasteiger partial charge is 0.291 e. The number of hydrogen-bond acceptors (Lipinski definition) is 2. The summed E-state index contributed by atoms with van der Waals surface area (Å²) in [6.07, 6.45) is 2.00. The van der Waals surface area contributed by atoms with Crippen molar-refractivity contribution in [2.45, 2.75) is 78.2 Å². The molecular formula is C30H34N2. The van der Waals surface area contributed by atoms with E-state index < -0.39 is 0 Å². The molecule has 0 amide bonds. The van der Waals surface area contributed by atoms with E-state index in [1.807, 2.05) is 0 Å². The van der Waals surface area contributed by atoms with Crippen LogP contribution in [0.3, 0.4) is 0 Å². The Kier molecular flexibility index (Phi) is 5.28. The molecular weight excluding hydrogens is 388 g/mol. The van der Waals surface area contributed by atoms with Gasteiger partial charge in [-0.15, -0.1) is 0 Å². The van der Waals surface area contributed by atoms with Crippen LogP contribution in [-0.4, -0.2) is 16.7 Å². The Bertz CT molecular complexity index is 1220. The molecule has 2 aromatic carbocycles. The summed E-state index contributed by atoms with van der Waals surface area (Å²) in [5.74, 6) is 1.36. The van der Waals surface area contributed by atoms with Gasteiger partial charge >= 0.3 is 0 Å². The van der Waals surface area contributed by atoms with Crippen LogP contribution in [0, 0.1) is 6.92 Å². The third-order valence-corrected chi connectivity index (χ3v) is 7.99. The number of pyridine rings is 1. The van der Waals surface area contributed by atoms with E-state index in [1.54, 1.807) is 0 Å². The first-order chi connectivity index (χ1) is 15.4. The van der Waals surface area contributed by atoms with Crippen LogP contribution in [0.5, 0.6) is 0 Å². The Morgan fingerprint density at radius 1 is 0.688 bits per heavy atom. The zero-order valence-corrected chi connectivity index (χ0v) is 20.2. The molecule has 4 atom stereocenters. The van der Waals surface area contributed by atoms with Crippen molar-refractivity contribution in [3.8, 4) is 22.4 Å². The summed E-state index contributed by atoms with van der Waals surface area (Å²) < 4.78 is 0. The molecule has 2 heteroatoms. The first-order valence-corrected chi connectivity index (χ1v) is 12.1. The van der Waals surface area contributed by atoms with Gasteiger partial charge in [-0.1, -0.05) is 57.2 Å². The highest BCUT2D eigenvalue weighted by Crippen LogP contribution is 2.52. The van der Waals surface area contributed by atoms with Crippen molar-refractivity contribution in [3.63, 3.8) is 0 Å². The third-order valence-electron chi connectivity index (χ3n) is 7.99. The number of fused-ring (bicyclic) bond motifs is 5. The molecule has 0 saturated heterocycles. The van der Waals surface area contributed by atoms with Crippen molar-refractivity contribution in [1.29, 1.82) is 0 Å². The number of benzene rings is 2. The van der Waals surface area contributed by atoms with Gasteiger partial charge in [0.25, 0.3) is 0 Å². The molecule has 0 saturated carbocycles. The van der Waals surface area contributed by atoms with E-state index in [9.17, 15) is 0 Å². The Morgan fingerprint density at radius 3 is 2.16 bits per heavy atom. The average molecular weight is 423 g/mol. The van der Waals surface area contributed by atoms with E-state index in [-0.39, 0.29) is 6.04 Å². The average Bonchev–Trinajstić information content (AvgIpc) is 2.79. The molecule has 6 bridgehead atoms. The van der Waals surface area contributed by atoms with Gasteiger partial charge in [0.15, 0.2) is 0 Å². The van der Waals surface area contributed by atoms with Gasteiger partial charge in [-0.3, -0.25) is 9.98 Å². The maximum absolute atomic E-state index is 5.14. The molecule has 164 valence electrons. The standard InChI is InChI=1S/C30H34N2/c1-17-9-7-12-28(32-17)24-15-16-27-25-11-8-10-23-21(5)22(6)31-18(2)13-14-26(24)30(27)20(4)19(3)29(23)25/h7-12,15-16,19-22H,13-14H2,1-6H3. The van der Waals surface area contributed by atoms with Gasteiger partial charge < -0.3 is 0 Å². The van der Waals surface area contributed by atoms with E-state index >= 15 is 0 Å². The highest BCUT2D eigenvalue weighted by atomic mass is 14.8. The maximum atomic E-state index is 5.14. The van der Waals surface area contributed by atoms with Crippen LogP contribution in [0.15, 0.2) is 53.5 Å². The Balaban J connectivity index is 1.85. The van der Waals surface area contributed by atoms with Crippen LogP contribution in [0.1, 0.15) is 86.7 Å². The summed E-state index contributed by atoms with van der Waals surface area (Å²) >= 11 is 0. The van der Waals surface area contributed by atoms with E-state index in [0.717, 1.165) is 24.2 Å². The van der Waals surface area contributed by atoms with Gasteiger partial charge in [-0.2, -0.15) is 0 Å². The predicted molar refractivity (Wildman–Crippen MR) is 136 cm³/mol. The van der Waals surface area contributed by atoms with Crippen LogP contribution in [-0.2, 0) is 6.42 Å². The minimum Gasteiger partial charge on any atom is -0.291 e. The lowest BCUT2D eigenvalue weighted by Crippen LogP contribution is -2.22. The Morgan fingerprint density at radius 2 is 1.38 bits per heavy atom. The van der Waals surface area contributed by atoms with Gasteiger partial charge in [0.1, 0.15) is 0 Å². The molecule has 1 aromatic heterocycles. The zero-order chi connectivity index (χ0) is 22.6. The van der Waals surface area contributed by atoms with Gasteiger partial charge in [0.05, 0.1) is 11.7 Å². The molecule has 0 fully saturated rings. The van der Waals surface area contributed by atoms with Crippen LogP contribution >= 0.6 is 0 Å². The summed E-state index contributed by atoms with van der Waals surface area (Å²) in [6.45, 7) is 13.8. The SMILES string of the molecule is CC1=NC(C)C(C)c2cccc3c2C(C)C(C)c2c-3ccc(-c3cccc(C)n3)c2CC1. The maximum Gasteiger partial charge on any atom is 0.0708 e. The third kappa shape index (κ3) is 3.32. The van der Waals surface area contributed by atoms with Crippen LogP contribution < -0.4 is 0 Å². The van der Waals surface area contributed by atoms with Crippen LogP contribution in [0.4, 0.5) is 0 Å². The number of hydrogen-bond donors (Lipinski definition) is 0. The molecule has 2 aliphatic heterocycles. The van der Waals surface area contributed by atoms with Crippen molar-refractivity contribution < 1.29 is 0 Å². The van der Waals surface area contributed by atoms with E-state index in [4.69, 9.17) is 9.98 Å². The minimum atomic E-state index is 0.279. The lowest BCUT2D eigenvalue weighted by atomic mass is 9.67. The van der Waals surface area contributed by atoms with Gasteiger partial charge in [0.2, 0.25) is 0 Å². The monoisotopic (exact) mass is 422 g/mol. The molecule has 2 nitrogen and oxygen atoms in total. The van der Waals surface area contributed by atoms with Crippen molar-refractivity contribution >= 4 is 5.71 Å². The predicted octanol–water partition coefficient (Wildman–Crippen LogP) is 7.84. The first-order valence-electron chi connectivity index (χ1n) is 12.1. The summed E-state index contributed by atoms with van der Waals surface area (Å²) in [5, 5.41) is 0.